The molecule has 1 fully saturated rings. The molecule has 0 spiro atoms. The number of nitrogens with zero attached hydrogens (tertiary/aromatic N) is 4. The van der Waals surface area contributed by atoms with E-state index in [0.717, 1.165) is 24.5 Å². The Bertz CT molecular complexity index is 904. The summed E-state index contributed by atoms with van der Waals surface area (Å²) in [6, 6.07) is 7.49. The molecule has 1 aliphatic rings. The number of halogens is 3. The number of hydrogen-bond donors (Lipinski definition) is 0. The van der Waals surface area contributed by atoms with Crippen molar-refractivity contribution in [3.63, 3.8) is 0 Å². The third kappa shape index (κ3) is 6.28. The van der Waals surface area contributed by atoms with Crippen molar-refractivity contribution < 1.29 is 27.4 Å². The van der Waals surface area contributed by atoms with Crippen molar-refractivity contribution in [2.24, 2.45) is 0 Å². The molecule has 0 bridgehead atoms. The van der Waals surface area contributed by atoms with Gasteiger partial charge in [-0.1, -0.05) is 0 Å². The van der Waals surface area contributed by atoms with Crippen LogP contribution in [0.2, 0.25) is 0 Å². The lowest BCUT2D eigenvalue weighted by molar-refractivity contribution is -0.274. The van der Waals surface area contributed by atoms with E-state index in [1.807, 2.05) is 33.8 Å². The molecule has 10 heteroatoms. The molecule has 0 unspecified atom stereocenters. The van der Waals surface area contributed by atoms with Gasteiger partial charge in [0, 0.05) is 37.9 Å². The van der Waals surface area contributed by atoms with Crippen LogP contribution < -0.4 is 9.64 Å². The number of carbonyl (C=O) groups is 1. The summed E-state index contributed by atoms with van der Waals surface area (Å²) in [5.74, 6) is 0.468. The lowest BCUT2D eigenvalue weighted by Crippen LogP contribution is -2.39. The van der Waals surface area contributed by atoms with Crippen molar-refractivity contribution in [3.05, 3.63) is 36.0 Å². The molecule has 2 heterocycles. The lowest BCUT2D eigenvalue weighted by atomic mass is 10.2. The molecule has 0 atom stereocenters. The van der Waals surface area contributed by atoms with Crippen LogP contribution in [0.15, 0.2) is 30.3 Å². The zero-order valence-electron chi connectivity index (χ0n) is 18.1. The summed E-state index contributed by atoms with van der Waals surface area (Å²) < 4.78 is 48.1. The third-order valence-corrected chi connectivity index (χ3v) is 4.66. The van der Waals surface area contributed by atoms with E-state index >= 15 is 0 Å². The van der Waals surface area contributed by atoms with Gasteiger partial charge in [-0.2, -0.15) is 5.10 Å². The van der Waals surface area contributed by atoms with E-state index in [2.05, 4.69) is 14.7 Å². The maximum absolute atomic E-state index is 12.4. The molecule has 1 aromatic carbocycles. The number of rotatable bonds is 3. The smallest absolute Gasteiger partial charge is 0.444 e. The fourth-order valence-electron chi connectivity index (χ4n) is 3.32. The number of amides is 1. The van der Waals surface area contributed by atoms with Gasteiger partial charge in [-0.05, 0) is 58.4 Å². The number of ether oxygens (including phenoxy) is 2. The number of anilines is 1. The van der Waals surface area contributed by atoms with Crippen LogP contribution in [0.25, 0.3) is 5.69 Å². The van der Waals surface area contributed by atoms with Gasteiger partial charge in [-0.25, -0.2) is 9.48 Å². The Balaban J connectivity index is 1.69. The van der Waals surface area contributed by atoms with Gasteiger partial charge in [0.25, 0.3) is 0 Å². The maximum Gasteiger partial charge on any atom is 0.573 e. The summed E-state index contributed by atoms with van der Waals surface area (Å²) in [5.41, 5.74) is 0.927. The molecule has 1 aromatic heterocycles. The van der Waals surface area contributed by atoms with Gasteiger partial charge in [0.2, 0.25) is 0 Å². The predicted octanol–water partition coefficient (Wildman–Crippen LogP) is 4.53. The fourth-order valence-corrected chi connectivity index (χ4v) is 3.32. The summed E-state index contributed by atoms with van der Waals surface area (Å²) in [5, 5.41) is 4.62. The Kier molecular flexibility index (Phi) is 6.38. The highest BCUT2D eigenvalue weighted by Gasteiger charge is 2.31. The predicted molar refractivity (Wildman–Crippen MR) is 110 cm³/mol. The SMILES string of the molecule is Cc1cc(N2CCCN(C(=O)OC(C)(C)C)CC2)nn1-c1ccc(OC(F)(F)F)cc1. The first-order valence-electron chi connectivity index (χ1n) is 10.1. The molecule has 0 N–H and O–H groups in total. The van der Waals surface area contributed by atoms with Crippen molar-refractivity contribution in [2.45, 2.75) is 46.1 Å². The van der Waals surface area contributed by atoms with Crippen molar-refractivity contribution >= 4 is 11.9 Å². The van der Waals surface area contributed by atoms with Crippen molar-refractivity contribution in [1.29, 1.82) is 0 Å². The maximum atomic E-state index is 12.4. The molecular formula is C21H27F3N4O3. The van der Waals surface area contributed by atoms with Crippen LogP contribution in [-0.4, -0.2) is 58.9 Å². The van der Waals surface area contributed by atoms with Gasteiger partial charge in [-0.3, -0.25) is 0 Å². The number of alkyl halides is 3. The minimum atomic E-state index is -4.73. The van der Waals surface area contributed by atoms with E-state index in [0.29, 0.717) is 25.3 Å². The Morgan fingerprint density at radius 3 is 2.32 bits per heavy atom. The highest BCUT2D eigenvalue weighted by Crippen LogP contribution is 2.25. The Morgan fingerprint density at radius 2 is 1.71 bits per heavy atom. The molecule has 7 nitrogen and oxygen atoms in total. The molecule has 0 radical (unpaired) electrons. The van der Waals surface area contributed by atoms with Crippen LogP contribution in [0.5, 0.6) is 5.75 Å². The van der Waals surface area contributed by atoms with Crippen LogP contribution in [0, 0.1) is 6.92 Å². The quantitative estimate of drug-likeness (QED) is 0.702. The van der Waals surface area contributed by atoms with Crippen molar-refractivity contribution in [3.8, 4) is 11.4 Å². The molecule has 0 saturated carbocycles. The Morgan fingerprint density at radius 1 is 1.03 bits per heavy atom. The van der Waals surface area contributed by atoms with Gasteiger partial charge in [0.1, 0.15) is 11.4 Å². The van der Waals surface area contributed by atoms with Crippen LogP contribution in [0.3, 0.4) is 0 Å². The van der Waals surface area contributed by atoms with Gasteiger partial charge >= 0.3 is 12.5 Å². The summed E-state index contributed by atoms with van der Waals surface area (Å²) in [7, 11) is 0. The van der Waals surface area contributed by atoms with Crippen LogP contribution in [0.1, 0.15) is 32.9 Å². The van der Waals surface area contributed by atoms with Crippen LogP contribution in [-0.2, 0) is 4.74 Å². The molecule has 170 valence electrons. The van der Waals surface area contributed by atoms with E-state index in [1.165, 1.54) is 24.3 Å². The standard InChI is InChI=1S/C21H27F3N4O3/c1-15-14-18(25-28(15)16-6-8-17(9-7-16)30-21(22,23)24)26-10-5-11-27(13-12-26)19(29)31-20(2,3)4/h6-9,14H,5,10-13H2,1-4H3. The summed E-state index contributed by atoms with van der Waals surface area (Å²) in [6.07, 6.45) is -4.28. The van der Waals surface area contributed by atoms with Gasteiger partial charge in [0.05, 0.1) is 5.69 Å². The molecule has 2 aromatic rings. The number of hydrogen-bond acceptors (Lipinski definition) is 5. The first-order chi connectivity index (χ1) is 14.4. The highest BCUT2D eigenvalue weighted by atomic mass is 19.4. The number of aryl methyl sites for hydroxylation is 1. The zero-order valence-corrected chi connectivity index (χ0v) is 18.1. The largest absolute Gasteiger partial charge is 0.573 e. The zero-order chi connectivity index (χ0) is 22.8. The highest BCUT2D eigenvalue weighted by molar-refractivity contribution is 5.68. The second-order valence-corrected chi connectivity index (χ2v) is 8.41. The third-order valence-electron chi connectivity index (χ3n) is 4.66. The minimum Gasteiger partial charge on any atom is -0.444 e. The molecule has 3 rings (SSSR count). The summed E-state index contributed by atoms with van der Waals surface area (Å²) in [6.45, 7) is 9.85. The molecule has 1 aliphatic heterocycles. The second kappa shape index (κ2) is 8.68. The van der Waals surface area contributed by atoms with Gasteiger partial charge in [-0.15, -0.1) is 13.2 Å². The molecule has 1 amide bonds. The Labute approximate surface area is 179 Å². The topological polar surface area (TPSA) is 59.8 Å². The molecular weight excluding hydrogens is 413 g/mol. The van der Waals surface area contributed by atoms with Crippen LogP contribution in [0.4, 0.5) is 23.8 Å². The number of aromatic nitrogens is 2. The fraction of sp³-hybridized carbons (Fsp3) is 0.524. The second-order valence-electron chi connectivity index (χ2n) is 8.41. The van der Waals surface area contributed by atoms with Gasteiger partial charge < -0.3 is 19.3 Å². The van der Waals surface area contributed by atoms with Gasteiger partial charge in [0.15, 0.2) is 5.82 Å². The van der Waals surface area contributed by atoms with Crippen molar-refractivity contribution in [1.82, 2.24) is 14.7 Å². The summed E-state index contributed by atoms with van der Waals surface area (Å²) >= 11 is 0. The van der Waals surface area contributed by atoms with E-state index in [1.54, 1.807) is 9.58 Å². The van der Waals surface area contributed by atoms with E-state index in [-0.39, 0.29) is 11.8 Å². The van der Waals surface area contributed by atoms with Crippen molar-refractivity contribution in [2.75, 3.05) is 31.1 Å². The number of carbonyl (C=O) groups excluding carboxylic acids is 1. The number of benzene rings is 1. The van der Waals surface area contributed by atoms with E-state index in [9.17, 15) is 18.0 Å². The minimum absolute atomic E-state index is 0.281. The normalized spacial score (nSPS) is 15.6. The van der Waals surface area contributed by atoms with E-state index in [4.69, 9.17) is 4.74 Å². The molecule has 31 heavy (non-hydrogen) atoms. The Hall–Kier alpha value is -2.91. The molecule has 1 saturated heterocycles. The average molecular weight is 440 g/mol. The molecule has 0 aliphatic carbocycles. The summed E-state index contributed by atoms with van der Waals surface area (Å²) in [4.78, 5) is 16.1. The van der Waals surface area contributed by atoms with Crippen LogP contribution >= 0.6 is 0 Å². The average Bonchev–Trinajstić information content (AvgIpc) is 2.86. The van der Waals surface area contributed by atoms with E-state index < -0.39 is 12.0 Å². The monoisotopic (exact) mass is 440 g/mol. The first-order valence-corrected chi connectivity index (χ1v) is 10.1. The lowest BCUT2D eigenvalue weighted by Gasteiger charge is -2.26. The first kappa shape index (κ1) is 22.8.